The monoisotopic (exact) mass is 273 g/mol. The predicted octanol–water partition coefficient (Wildman–Crippen LogP) is 2.50. The third-order valence-electron chi connectivity index (χ3n) is 2.57. The molecule has 0 amide bonds. The van der Waals surface area contributed by atoms with E-state index >= 15 is 0 Å². The Bertz CT molecular complexity index is 298. The van der Waals surface area contributed by atoms with Crippen LogP contribution in [0.4, 0.5) is 0 Å². The second-order valence-electron chi connectivity index (χ2n) is 3.56. The van der Waals surface area contributed by atoms with Gasteiger partial charge < -0.3 is 24.2 Å². The standard InChI is InChI=1S/C12H20O4Si.H3N/c1-13-17(14-2,15-3)11-7-10-16-12-8-5-4-6-9-12;/h4-6,8-9H,7,10-11H2,1-3H3;1H3. The summed E-state index contributed by atoms with van der Waals surface area (Å²) in [5.74, 6) is 0.881. The molecule has 1 aromatic rings. The molecule has 0 saturated heterocycles. The first-order valence-corrected chi connectivity index (χ1v) is 7.53. The normalized spacial score (nSPS) is 10.8. The lowest BCUT2D eigenvalue weighted by Gasteiger charge is -2.24. The van der Waals surface area contributed by atoms with Crippen molar-refractivity contribution in [3.05, 3.63) is 30.3 Å². The lowest BCUT2D eigenvalue weighted by atomic mass is 10.3. The van der Waals surface area contributed by atoms with Crippen LogP contribution in [0.1, 0.15) is 6.42 Å². The van der Waals surface area contributed by atoms with Crippen molar-refractivity contribution in [2.45, 2.75) is 12.5 Å². The Labute approximate surface area is 110 Å². The van der Waals surface area contributed by atoms with Crippen molar-refractivity contribution in [3.8, 4) is 5.75 Å². The number of hydrogen-bond donors (Lipinski definition) is 1. The van der Waals surface area contributed by atoms with Crippen molar-refractivity contribution in [1.29, 1.82) is 0 Å². The zero-order valence-corrected chi connectivity index (χ0v) is 12.3. The average molecular weight is 273 g/mol. The van der Waals surface area contributed by atoms with Gasteiger partial charge in [-0.05, 0) is 18.6 Å². The first-order chi connectivity index (χ1) is 8.26. The highest BCUT2D eigenvalue weighted by Gasteiger charge is 2.36. The molecular formula is C12H23NO4Si. The zero-order chi connectivity index (χ0) is 12.6. The molecule has 1 rings (SSSR count). The van der Waals surface area contributed by atoms with Crippen molar-refractivity contribution in [3.63, 3.8) is 0 Å². The smallest absolute Gasteiger partial charge is 0.494 e. The van der Waals surface area contributed by atoms with Crippen molar-refractivity contribution in [2.75, 3.05) is 27.9 Å². The number of ether oxygens (including phenoxy) is 1. The minimum Gasteiger partial charge on any atom is -0.494 e. The van der Waals surface area contributed by atoms with Gasteiger partial charge in [0.25, 0.3) is 0 Å². The van der Waals surface area contributed by atoms with Gasteiger partial charge in [-0.3, -0.25) is 0 Å². The molecule has 5 nitrogen and oxygen atoms in total. The van der Waals surface area contributed by atoms with E-state index in [-0.39, 0.29) is 6.15 Å². The van der Waals surface area contributed by atoms with E-state index < -0.39 is 8.80 Å². The fourth-order valence-corrected chi connectivity index (χ4v) is 3.24. The maximum absolute atomic E-state index is 5.59. The van der Waals surface area contributed by atoms with Crippen LogP contribution in [-0.2, 0) is 13.3 Å². The van der Waals surface area contributed by atoms with Gasteiger partial charge in [0.1, 0.15) is 5.75 Å². The molecule has 0 spiro atoms. The van der Waals surface area contributed by atoms with Crippen LogP contribution in [0.2, 0.25) is 6.04 Å². The van der Waals surface area contributed by atoms with E-state index in [1.807, 2.05) is 30.3 Å². The first kappa shape index (κ1) is 17.1. The molecule has 0 aromatic heterocycles. The molecule has 0 aliphatic heterocycles. The van der Waals surface area contributed by atoms with Crippen molar-refractivity contribution in [1.82, 2.24) is 6.15 Å². The quantitative estimate of drug-likeness (QED) is 0.582. The molecule has 0 bridgehead atoms. The fourth-order valence-electron chi connectivity index (χ4n) is 1.55. The summed E-state index contributed by atoms with van der Waals surface area (Å²) >= 11 is 0. The number of rotatable bonds is 8. The molecule has 0 aliphatic rings. The summed E-state index contributed by atoms with van der Waals surface area (Å²) in [4.78, 5) is 0. The number of para-hydroxylation sites is 1. The summed E-state index contributed by atoms with van der Waals surface area (Å²) in [5.41, 5.74) is 0. The second kappa shape index (κ2) is 9.07. The largest absolute Gasteiger partial charge is 0.500 e. The lowest BCUT2D eigenvalue weighted by Crippen LogP contribution is -2.42. The third kappa shape index (κ3) is 5.15. The number of hydrogen-bond acceptors (Lipinski definition) is 5. The van der Waals surface area contributed by atoms with E-state index in [0.717, 1.165) is 18.2 Å². The predicted molar refractivity (Wildman–Crippen MR) is 73.2 cm³/mol. The van der Waals surface area contributed by atoms with Crippen molar-refractivity contribution < 1.29 is 18.0 Å². The molecular weight excluding hydrogens is 250 g/mol. The SMILES string of the molecule is CO[Si](CCCOc1ccccc1)(OC)OC.N. The van der Waals surface area contributed by atoms with Crippen molar-refractivity contribution >= 4 is 8.80 Å². The van der Waals surface area contributed by atoms with Gasteiger partial charge >= 0.3 is 8.80 Å². The van der Waals surface area contributed by atoms with Gasteiger partial charge in [-0.2, -0.15) is 0 Å². The zero-order valence-electron chi connectivity index (χ0n) is 11.3. The minimum atomic E-state index is -2.44. The highest BCUT2D eigenvalue weighted by atomic mass is 28.4. The Hall–Kier alpha value is -0.923. The van der Waals surface area contributed by atoms with Gasteiger partial charge in [-0.1, -0.05) is 18.2 Å². The highest BCUT2D eigenvalue weighted by molar-refractivity contribution is 6.60. The Balaban J connectivity index is 0.00000289. The van der Waals surface area contributed by atoms with Gasteiger partial charge in [-0.15, -0.1) is 0 Å². The van der Waals surface area contributed by atoms with Crippen LogP contribution in [0.5, 0.6) is 5.75 Å². The minimum absolute atomic E-state index is 0. The average Bonchev–Trinajstić information content (AvgIpc) is 2.41. The van der Waals surface area contributed by atoms with E-state index in [2.05, 4.69) is 0 Å². The molecule has 3 N–H and O–H groups in total. The maximum atomic E-state index is 5.59. The van der Waals surface area contributed by atoms with Crippen LogP contribution in [-0.4, -0.2) is 36.7 Å². The third-order valence-corrected chi connectivity index (χ3v) is 5.40. The number of benzene rings is 1. The molecule has 0 heterocycles. The molecule has 0 unspecified atom stereocenters. The molecule has 0 fully saturated rings. The van der Waals surface area contributed by atoms with Gasteiger partial charge in [0, 0.05) is 27.4 Å². The molecule has 6 heteroatoms. The summed E-state index contributed by atoms with van der Waals surface area (Å²) in [6.07, 6.45) is 0.844. The molecule has 0 aliphatic carbocycles. The highest BCUT2D eigenvalue weighted by Crippen LogP contribution is 2.16. The fraction of sp³-hybridized carbons (Fsp3) is 0.500. The summed E-state index contributed by atoms with van der Waals surface area (Å²) in [6.45, 7) is 0.634. The Morgan fingerprint density at radius 3 is 2.00 bits per heavy atom. The molecule has 18 heavy (non-hydrogen) atoms. The van der Waals surface area contributed by atoms with Crippen LogP contribution < -0.4 is 10.9 Å². The summed E-state index contributed by atoms with van der Waals surface area (Å²) < 4.78 is 21.6. The summed E-state index contributed by atoms with van der Waals surface area (Å²) in [6, 6.07) is 10.5. The van der Waals surface area contributed by atoms with Gasteiger partial charge in [0.15, 0.2) is 0 Å². The van der Waals surface area contributed by atoms with Gasteiger partial charge in [0.2, 0.25) is 0 Å². The molecule has 1 aromatic carbocycles. The van der Waals surface area contributed by atoms with E-state index in [0.29, 0.717) is 6.61 Å². The van der Waals surface area contributed by atoms with Crippen LogP contribution in [0.15, 0.2) is 30.3 Å². The molecule has 104 valence electrons. The van der Waals surface area contributed by atoms with E-state index in [9.17, 15) is 0 Å². The molecule has 0 atom stereocenters. The van der Waals surface area contributed by atoms with Gasteiger partial charge in [-0.25, -0.2) is 0 Å². The topological polar surface area (TPSA) is 71.9 Å². The molecule has 0 saturated carbocycles. The van der Waals surface area contributed by atoms with E-state index in [4.69, 9.17) is 18.0 Å². The maximum Gasteiger partial charge on any atom is 0.500 e. The lowest BCUT2D eigenvalue weighted by molar-refractivity contribution is 0.121. The summed E-state index contributed by atoms with van der Waals surface area (Å²) in [5, 5.41) is 0. The van der Waals surface area contributed by atoms with Crippen LogP contribution in [0.3, 0.4) is 0 Å². The summed E-state index contributed by atoms with van der Waals surface area (Å²) in [7, 11) is 2.43. The van der Waals surface area contributed by atoms with Gasteiger partial charge in [0.05, 0.1) is 6.61 Å². The molecule has 0 radical (unpaired) electrons. The van der Waals surface area contributed by atoms with Crippen LogP contribution >= 0.6 is 0 Å². The van der Waals surface area contributed by atoms with Crippen molar-refractivity contribution in [2.24, 2.45) is 0 Å². The van der Waals surface area contributed by atoms with E-state index in [1.54, 1.807) is 21.3 Å². The second-order valence-corrected chi connectivity index (χ2v) is 6.65. The first-order valence-electron chi connectivity index (χ1n) is 5.59. The Morgan fingerprint density at radius 2 is 1.50 bits per heavy atom. The Kier molecular flexibility index (Phi) is 8.60. The van der Waals surface area contributed by atoms with E-state index in [1.165, 1.54) is 0 Å². The van der Waals surface area contributed by atoms with Crippen LogP contribution in [0, 0.1) is 0 Å². The van der Waals surface area contributed by atoms with Crippen LogP contribution in [0.25, 0.3) is 0 Å². The Morgan fingerprint density at radius 1 is 0.944 bits per heavy atom.